The van der Waals surface area contributed by atoms with E-state index in [1.165, 1.54) is 12.1 Å². The van der Waals surface area contributed by atoms with Crippen LogP contribution in [0.15, 0.2) is 42.5 Å². The first-order valence-electron chi connectivity index (χ1n) is 8.68. The van der Waals surface area contributed by atoms with Crippen molar-refractivity contribution in [2.24, 2.45) is 0 Å². The van der Waals surface area contributed by atoms with Gasteiger partial charge in [0.25, 0.3) is 0 Å². The number of halogens is 1. The molecule has 0 aliphatic heterocycles. The first-order chi connectivity index (χ1) is 12.6. The van der Waals surface area contributed by atoms with Crippen molar-refractivity contribution < 1.29 is 17.6 Å². The Morgan fingerprint density at radius 1 is 1.11 bits per heavy atom. The molecule has 7 heteroatoms. The van der Waals surface area contributed by atoms with E-state index in [1.54, 1.807) is 31.2 Å². The maximum absolute atomic E-state index is 12.9. The number of aryl methyl sites for hydroxylation is 2. The van der Waals surface area contributed by atoms with Gasteiger partial charge >= 0.3 is 0 Å². The van der Waals surface area contributed by atoms with Gasteiger partial charge in [0, 0.05) is 6.54 Å². The van der Waals surface area contributed by atoms with E-state index in [4.69, 9.17) is 0 Å². The van der Waals surface area contributed by atoms with Crippen LogP contribution >= 0.6 is 0 Å². The molecule has 0 bridgehead atoms. The Hall–Kier alpha value is -2.41. The van der Waals surface area contributed by atoms with Crippen molar-refractivity contribution in [3.05, 3.63) is 65.0 Å². The Morgan fingerprint density at radius 3 is 2.30 bits per heavy atom. The fourth-order valence-corrected chi connectivity index (χ4v) is 3.97. The molecule has 146 valence electrons. The number of amides is 1. The molecular formula is C20H25FN2O3S. The smallest absolute Gasteiger partial charge is 0.243 e. The maximum Gasteiger partial charge on any atom is 0.243 e. The number of anilines is 1. The molecule has 2 aromatic carbocycles. The maximum atomic E-state index is 12.9. The van der Waals surface area contributed by atoms with Crippen LogP contribution in [0.4, 0.5) is 10.1 Å². The zero-order valence-electron chi connectivity index (χ0n) is 16.0. The van der Waals surface area contributed by atoms with Crippen molar-refractivity contribution in [1.29, 1.82) is 0 Å². The fraction of sp³-hybridized carbons (Fsp3) is 0.350. The Bertz CT molecular complexity index is 911. The number of carbonyl (C=O) groups is 1. The van der Waals surface area contributed by atoms with Crippen LogP contribution in [0, 0.1) is 19.7 Å². The summed E-state index contributed by atoms with van der Waals surface area (Å²) >= 11 is 0. The molecule has 27 heavy (non-hydrogen) atoms. The van der Waals surface area contributed by atoms with Crippen molar-refractivity contribution in [2.75, 3.05) is 17.1 Å². The highest BCUT2D eigenvalue weighted by Crippen LogP contribution is 2.23. The minimum atomic E-state index is -3.64. The van der Waals surface area contributed by atoms with Crippen LogP contribution in [0.25, 0.3) is 0 Å². The molecule has 1 amide bonds. The van der Waals surface area contributed by atoms with E-state index in [1.807, 2.05) is 19.9 Å². The summed E-state index contributed by atoms with van der Waals surface area (Å²) in [5.41, 5.74) is 3.34. The SMILES string of the molecule is Cc1ccc(N([C@@H](C)C(=O)NCCc2ccc(F)cc2)S(C)(=O)=O)cc1C. The summed E-state index contributed by atoms with van der Waals surface area (Å²) in [7, 11) is -3.64. The highest BCUT2D eigenvalue weighted by molar-refractivity contribution is 7.92. The Kier molecular flexibility index (Phi) is 6.59. The number of rotatable bonds is 7. The zero-order valence-corrected chi connectivity index (χ0v) is 16.8. The molecule has 1 atom stereocenters. The van der Waals surface area contributed by atoms with Gasteiger partial charge in [-0.3, -0.25) is 9.10 Å². The number of sulfonamides is 1. The molecule has 1 N–H and O–H groups in total. The van der Waals surface area contributed by atoms with Crippen LogP contribution in [-0.2, 0) is 21.2 Å². The van der Waals surface area contributed by atoms with E-state index >= 15 is 0 Å². The predicted molar refractivity (Wildman–Crippen MR) is 106 cm³/mol. The lowest BCUT2D eigenvalue weighted by molar-refractivity contribution is -0.121. The molecule has 2 aromatic rings. The van der Waals surface area contributed by atoms with Crippen molar-refractivity contribution >= 4 is 21.6 Å². The molecule has 0 saturated carbocycles. The topological polar surface area (TPSA) is 66.5 Å². The molecular weight excluding hydrogens is 367 g/mol. The Morgan fingerprint density at radius 2 is 1.74 bits per heavy atom. The fourth-order valence-electron chi connectivity index (χ4n) is 2.80. The van der Waals surface area contributed by atoms with E-state index in [-0.39, 0.29) is 11.7 Å². The normalized spacial score (nSPS) is 12.5. The van der Waals surface area contributed by atoms with Crippen LogP contribution in [0.2, 0.25) is 0 Å². The van der Waals surface area contributed by atoms with Gasteiger partial charge in [0.2, 0.25) is 15.9 Å². The summed E-state index contributed by atoms with van der Waals surface area (Å²) in [6, 6.07) is 10.4. The largest absolute Gasteiger partial charge is 0.354 e. The number of hydrogen-bond donors (Lipinski definition) is 1. The Balaban J connectivity index is 2.10. The predicted octanol–water partition coefficient (Wildman–Crippen LogP) is 2.96. The molecule has 5 nitrogen and oxygen atoms in total. The van der Waals surface area contributed by atoms with Gasteiger partial charge in [-0.25, -0.2) is 12.8 Å². The van der Waals surface area contributed by atoms with Crippen molar-refractivity contribution in [3.8, 4) is 0 Å². The van der Waals surface area contributed by atoms with Crippen LogP contribution in [0.5, 0.6) is 0 Å². The lowest BCUT2D eigenvalue weighted by Crippen LogP contribution is -2.48. The second-order valence-electron chi connectivity index (χ2n) is 6.67. The molecule has 0 aromatic heterocycles. The summed E-state index contributed by atoms with van der Waals surface area (Å²) in [5, 5.41) is 2.76. The van der Waals surface area contributed by atoms with Gasteiger partial charge in [-0.1, -0.05) is 18.2 Å². The molecule has 0 heterocycles. The van der Waals surface area contributed by atoms with Crippen LogP contribution in [-0.4, -0.2) is 33.2 Å². The number of nitrogens with zero attached hydrogens (tertiary/aromatic N) is 1. The molecule has 0 aliphatic carbocycles. The van der Waals surface area contributed by atoms with Crippen molar-refractivity contribution in [3.63, 3.8) is 0 Å². The highest BCUT2D eigenvalue weighted by atomic mass is 32.2. The second kappa shape index (κ2) is 8.52. The van der Waals surface area contributed by atoms with Gasteiger partial charge in [0.1, 0.15) is 11.9 Å². The molecule has 0 aliphatic rings. The first kappa shape index (κ1) is 20.9. The summed E-state index contributed by atoms with van der Waals surface area (Å²) < 4.78 is 38.7. The van der Waals surface area contributed by atoms with Crippen LogP contribution in [0.1, 0.15) is 23.6 Å². The first-order valence-corrected chi connectivity index (χ1v) is 10.5. The second-order valence-corrected chi connectivity index (χ2v) is 8.53. The van der Waals surface area contributed by atoms with E-state index in [0.29, 0.717) is 18.7 Å². The zero-order chi connectivity index (χ0) is 20.2. The van der Waals surface area contributed by atoms with E-state index in [2.05, 4.69) is 5.32 Å². The third-order valence-electron chi connectivity index (χ3n) is 4.46. The van der Waals surface area contributed by atoms with Crippen molar-refractivity contribution in [1.82, 2.24) is 5.32 Å². The van der Waals surface area contributed by atoms with Gasteiger partial charge in [-0.2, -0.15) is 0 Å². The summed E-state index contributed by atoms with van der Waals surface area (Å²) in [4.78, 5) is 12.5. The molecule has 0 unspecified atom stereocenters. The minimum Gasteiger partial charge on any atom is -0.354 e. The lowest BCUT2D eigenvalue weighted by Gasteiger charge is -2.28. The summed E-state index contributed by atoms with van der Waals surface area (Å²) in [6.45, 7) is 5.73. The Labute approximate surface area is 160 Å². The average molecular weight is 392 g/mol. The van der Waals surface area contributed by atoms with Crippen LogP contribution < -0.4 is 9.62 Å². The van der Waals surface area contributed by atoms with Gasteiger partial charge in [-0.05, 0) is 68.1 Å². The van der Waals surface area contributed by atoms with Gasteiger partial charge in [-0.15, -0.1) is 0 Å². The lowest BCUT2D eigenvalue weighted by atomic mass is 10.1. The summed E-state index contributed by atoms with van der Waals surface area (Å²) in [6.07, 6.45) is 1.62. The standard InChI is InChI=1S/C20H25FN2O3S/c1-14-5-10-19(13-15(14)2)23(27(4,25)26)16(3)20(24)22-12-11-17-6-8-18(21)9-7-17/h5-10,13,16H,11-12H2,1-4H3,(H,22,24)/t16-/m0/s1. The monoisotopic (exact) mass is 392 g/mol. The third kappa shape index (κ3) is 5.53. The summed E-state index contributed by atoms with van der Waals surface area (Å²) in [5.74, 6) is -0.700. The molecule has 0 saturated heterocycles. The van der Waals surface area contributed by atoms with Gasteiger partial charge in [0.15, 0.2) is 0 Å². The molecule has 0 fully saturated rings. The van der Waals surface area contributed by atoms with E-state index in [9.17, 15) is 17.6 Å². The number of benzene rings is 2. The number of nitrogens with one attached hydrogen (secondary N) is 1. The third-order valence-corrected chi connectivity index (χ3v) is 5.70. The number of hydrogen-bond acceptors (Lipinski definition) is 3. The molecule has 0 radical (unpaired) electrons. The average Bonchev–Trinajstić information content (AvgIpc) is 2.58. The molecule has 0 spiro atoms. The van der Waals surface area contributed by atoms with Gasteiger partial charge < -0.3 is 5.32 Å². The number of carbonyl (C=O) groups excluding carboxylic acids is 1. The molecule has 2 rings (SSSR count). The quantitative estimate of drug-likeness (QED) is 0.788. The highest BCUT2D eigenvalue weighted by Gasteiger charge is 2.29. The van der Waals surface area contributed by atoms with Crippen LogP contribution in [0.3, 0.4) is 0 Å². The van der Waals surface area contributed by atoms with Crippen molar-refractivity contribution in [2.45, 2.75) is 33.2 Å². The van der Waals surface area contributed by atoms with E-state index in [0.717, 1.165) is 27.3 Å². The van der Waals surface area contributed by atoms with Gasteiger partial charge in [0.05, 0.1) is 11.9 Å². The van der Waals surface area contributed by atoms with E-state index < -0.39 is 16.1 Å². The minimum absolute atomic E-state index is 0.311.